The fourth-order valence-corrected chi connectivity index (χ4v) is 3.34. The second-order valence-electron chi connectivity index (χ2n) is 6.82. The summed E-state index contributed by atoms with van der Waals surface area (Å²) in [5.74, 6) is 0.639. The summed E-state index contributed by atoms with van der Waals surface area (Å²) in [5.41, 5.74) is 1.85. The van der Waals surface area contributed by atoms with Gasteiger partial charge in [0.1, 0.15) is 12.1 Å². The predicted octanol–water partition coefficient (Wildman–Crippen LogP) is 2.55. The molecule has 4 rings (SSSR count). The molecule has 0 aliphatic heterocycles. The molecule has 158 valence electrons. The molecule has 9 nitrogen and oxygen atoms in total. The Morgan fingerprint density at radius 1 is 1.06 bits per heavy atom. The lowest BCUT2D eigenvalue weighted by Crippen LogP contribution is -2.31. The average molecular weight is 419 g/mol. The predicted molar refractivity (Wildman–Crippen MR) is 116 cm³/mol. The zero-order chi connectivity index (χ0) is 22.0. The third kappa shape index (κ3) is 3.85. The molecule has 0 aliphatic carbocycles. The summed E-state index contributed by atoms with van der Waals surface area (Å²) in [5, 5.41) is 12.0. The molecule has 0 atom stereocenters. The van der Waals surface area contributed by atoms with E-state index in [1.54, 1.807) is 36.0 Å². The number of carbonyl (C=O) groups is 1. The highest BCUT2D eigenvalue weighted by Gasteiger charge is 2.17. The lowest BCUT2D eigenvalue weighted by molar-refractivity contribution is -0.117. The first-order valence-corrected chi connectivity index (χ1v) is 9.54. The highest BCUT2D eigenvalue weighted by molar-refractivity contribution is 5.91. The molecule has 1 N–H and O–H groups in total. The number of methoxy groups -OCH3 is 2. The second-order valence-corrected chi connectivity index (χ2v) is 6.82. The van der Waals surface area contributed by atoms with Crippen molar-refractivity contribution in [2.45, 2.75) is 13.5 Å². The second kappa shape index (κ2) is 8.31. The van der Waals surface area contributed by atoms with E-state index in [2.05, 4.69) is 15.5 Å². The van der Waals surface area contributed by atoms with Crippen LogP contribution in [0.1, 0.15) is 5.69 Å². The fraction of sp³-hybridized carbons (Fsp3) is 0.182. The Labute approximate surface area is 177 Å². The van der Waals surface area contributed by atoms with Gasteiger partial charge in [0.25, 0.3) is 5.56 Å². The maximum absolute atomic E-state index is 13.1. The van der Waals surface area contributed by atoms with E-state index in [-0.39, 0.29) is 6.54 Å². The van der Waals surface area contributed by atoms with Gasteiger partial charge in [-0.1, -0.05) is 18.2 Å². The van der Waals surface area contributed by atoms with Crippen LogP contribution in [-0.4, -0.2) is 39.7 Å². The molecule has 0 fully saturated rings. The number of fused-ring (bicyclic) bond motifs is 1. The molecule has 0 spiro atoms. The van der Waals surface area contributed by atoms with Crippen LogP contribution in [0.15, 0.2) is 59.5 Å². The number of anilines is 1. The summed E-state index contributed by atoms with van der Waals surface area (Å²) in [6.07, 6.45) is 1.61. The van der Waals surface area contributed by atoms with Gasteiger partial charge in [0.15, 0.2) is 11.5 Å². The molecule has 2 aromatic heterocycles. The van der Waals surface area contributed by atoms with Gasteiger partial charge in [-0.25, -0.2) is 9.36 Å². The van der Waals surface area contributed by atoms with Crippen LogP contribution in [0.5, 0.6) is 11.5 Å². The zero-order valence-electron chi connectivity index (χ0n) is 17.3. The normalized spacial score (nSPS) is 10.8. The number of ether oxygens (including phenoxy) is 2. The fourth-order valence-electron chi connectivity index (χ4n) is 3.34. The monoisotopic (exact) mass is 419 g/mol. The number of rotatable bonds is 6. The van der Waals surface area contributed by atoms with E-state index in [0.29, 0.717) is 33.8 Å². The van der Waals surface area contributed by atoms with Crippen LogP contribution >= 0.6 is 0 Å². The number of carbonyl (C=O) groups excluding carboxylic acids is 1. The van der Waals surface area contributed by atoms with E-state index in [4.69, 9.17) is 9.47 Å². The number of amides is 1. The maximum atomic E-state index is 13.1. The van der Waals surface area contributed by atoms with Crippen LogP contribution in [-0.2, 0) is 11.3 Å². The Bertz CT molecular complexity index is 1310. The van der Waals surface area contributed by atoms with E-state index in [1.165, 1.54) is 14.2 Å². The number of aryl methyl sites for hydroxylation is 1. The highest BCUT2D eigenvalue weighted by Crippen LogP contribution is 2.29. The van der Waals surface area contributed by atoms with E-state index in [0.717, 1.165) is 10.4 Å². The minimum Gasteiger partial charge on any atom is -0.493 e. The first-order valence-electron chi connectivity index (χ1n) is 9.54. The molecule has 0 bridgehead atoms. The van der Waals surface area contributed by atoms with E-state index >= 15 is 0 Å². The topological polar surface area (TPSA) is 100 Å². The standard InChI is InChI=1S/C22H21N5O4/c1-14-17-12-23-27(16-7-5-4-6-8-16)21(17)22(29)26(25-14)13-20(28)24-15-9-10-18(30-2)19(11-15)31-3/h4-12H,13H2,1-3H3,(H,24,28). The molecule has 0 unspecified atom stereocenters. The van der Waals surface area contributed by atoms with E-state index < -0.39 is 11.5 Å². The Balaban J connectivity index is 1.65. The molecular weight excluding hydrogens is 398 g/mol. The molecule has 9 heteroatoms. The Hall–Kier alpha value is -4.14. The van der Waals surface area contributed by atoms with Gasteiger partial charge in [0.05, 0.1) is 31.8 Å². The summed E-state index contributed by atoms with van der Waals surface area (Å²) in [6.45, 7) is 1.53. The van der Waals surface area contributed by atoms with Crippen LogP contribution in [0.25, 0.3) is 16.6 Å². The third-order valence-corrected chi connectivity index (χ3v) is 4.83. The number of benzene rings is 2. The molecule has 0 radical (unpaired) electrons. The van der Waals surface area contributed by atoms with Crippen LogP contribution in [0.4, 0.5) is 5.69 Å². The summed E-state index contributed by atoms with van der Waals surface area (Å²) in [6, 6.07) is 14.4. The van der Waals surface area contributed by atoms with Crippen LogP contribution in [0.2, 0.25) is 0 Å². The minimum absolute atomic E-state index is 0.246. The van der Waals surface area contributed by atoms with Crippen molar-refractivity contribution in [2.75, 3.05) is 19.5 Å². The maximum Gasteiger partial charge on any atom is 0.293 e. The minimum atomic E-state index is -0.399. The number of aromatic nitrogens is 4. The highest BCUT2D eigenvalue weighted by atomic mass is 16.5. The molecule has 4 aromatic rings. The van der Waals surface area contributed by atoms with Crippen molar-refractivity contribution in [1.82, 2.24) is 19.6 Å². The Morgan fingerprint density at radius 2 is 1.81 bits per heavy atom. The van der Waals surface area contributed by atoms with Crippen LogP contribution in [0.3, 0.4) is 0 Å². The Kier molecular flexibility index (Phi) is 5.40. The molecule has 1 amide bonds. The summed E-state index contributed by atoms with van der Waals surface area (Å²) < 4.78 is 13.2. The molecule has 0 aliphatic rings. The number of para-hydroxylation sites is 1. The van der Waals surface area contributed by atoms with Gasteiger partial charge in [-0.3, -0.25) is 9.59 Å². The smallest absolute Gasteiger partial charge is 0.293 e. The number of hydrogen-bond donors (Lipinski definition) is 1. The van der Waals surface area contributed by atoms with Gasteiger partial charge in [-0.05, 0) is 31.2 Å². The number of hydrogen-bond acceptors (Lipinski definition) is 6. The zero-order valence-corrected chi connectivity index (χ0v) is 17.3. The number of nitrogens with zero attached hydrogens (tertiary/aromatic N) is 4. The largest absolute Gasteiger partial charge is 0.493 e. The lowest BCUT2D eigenvalue weighted by atomic mass is 10.2. The average Bonchev–Trinajstić information content (AvgIpc) is 3.24. The van der Waals surface area contributed by atoms with Crippen LogP contribution < -0.4 is 20.3 Å². The summed E-state index contributed by atoms with van der Waals surface area (Å²) >= 11 is 0. The van der Waals surface area contributed by atoms with Gasteiger partial charge < -0.3 is 14.8 Å². The summed E-state index contributed by atoms with van der Waals surface area (Å²) in [7, 11) is 3.05. The summed E-state index contributed by atoms with van der Waals surface area (Å²) in [4.78, 5) is 25.8. The van der Waals surface area contributed by atoms with Crippen molar-refractivity contribution in [2.24, 2.45) is 0 Å². The first kappa shape index (κ1) is 20.1. The van der Waals surface area contributed by atoms with Crippen molar-refractivity contribution in [3.8, 4) is 17.2 Å². The molecular formula is C22H21N5O4. The molecule has 2 heterocycles. The quantitative estimate of drug-likeness (QED) is 0.516. The molecule has 2 aromatic carbocycles. The van der Waals surface area contributed by atoms with Gasteiger partial charge in [0.2, 0.25) is 5.91 Å². The molecule has 31 heavy (non-hydrogen) atoms. The van der Waals surface area contributed by atoms with Gasteiger partial charge >= 0.3 is 0 Å². The van der Waals surface area contributed by atoms with E-state index in [1.807, 2.05) is 30.3 Å². The van der Waals surface area contributed by atoms with Crippen molar-refractivity contribution in [1.29, 1.82) is 0 Å². The Morgan fingerprint density at radius 3 is 2.52 bits per heavy atom. The van der Waals surface area contributed by atoms with Crippen molar-refractivity contribution >= 4 is 22.5 Å². The third-order valence-electron chi connectivity index (χ3n) is 4.83. The van der Waals surface area contributed by atoms with Crippen LogP contribution in [0, 0.1) is 6.92 Å². The first-order chi connectivity index (χ1) is 15.0. The van der Waals surface area contributed by atoms with Gasteiger partial charge in [-0.2, -0.15) is 10.2 Å². The van der Waals surface area contributed by atoms with Gasteiger partial charge in [-0.15, -0.1) is 0 Å². The molecule has 0 saturated heterocycles. The van der Waals surface area contributed by atoms with E-state index in [9.17, 15) is 9.59 Å². The molecule has 0 saturated carbocycles. The van der Waals surface area contributed by atoms with Gasteiger partial charge in [0, 0.05) is 17.1 Å². The number of nitrogens with one attached hydrogen (secondary N) is 1. The lowest BCUT2D eigenvalue weighted by Gasteiger charge is -2.11. The SMILES string of the molecule is COc1ccc(NC(=O)Cn2nc(C)c3cnn(-c4ccccc4)c3c2=O)cc1OC. The van der Waals surface area contributed by atoms with Crippen molar-refractivity contribution < 1.29 is 14.3 Å². The van der Waals surface area contributed by atoms with Crippen molar-refractivity contribution in [3.05, 3.63) is 70.8 Å². The van der Waals surface area contributed by atoms with Crippen molar-refractivity contribution in [3.63, 3.8) is 0 Å².